The molecule has 4 heteroatoms. The number of rotatable bonds is 6. The van der Waals surface area contributed by atoms with Crippen LogP contribution in [0.15, 0.2) is 18.2 Å². The van der Waals surface area contributed by atoms with Crippen LogP contribution < -0.4 is 10.2 Å². The molecule has 132 valence electrons. The predicted molar refractivity (Wildman–Crippen MR) is 101 cm³/mol. The molecule has 0 aliphatic carbocycles. The largest absolute Gasteiger partial charge is 0.369 e. The summed E-state index contributed by atoms with van der Waals surface area (Å²) in [4.78, 5) is 7.87. The van der Waals surface area contributed by atoms with Crippen molar-refractivity contribution in [2.75, 3.05) is 57.3 Å². The predicted octanol–water partition coefficient (Wildman–Crippen LogP) is 2.29. The Hall–Kier alpha value is -1.10. The highest BCUT2D eigenvalue weighted by Gasteiger charge is 2.24. The molecule has 1 aromatic carbocycles. The summed E-state index contributed by atoms with van der Waals surface area (Å²) in [6.07, 6.45) is 5.53. The Morgan fingerprint density at radius 3 is 2.38 bits per heavy atom. The molecule has 0 unspecified atom stereocenters. The quantitative estimate of drug-likeness (QED) is 0.809. The highest BCUT2D eigenvalue weighted by atomic mass is 15.2. The first-order chi connectivity index (χ1) is 11.9. The number of anilines is 1. The Bertz CT molecular complexity index is 532. The number of likely N-dealkylation sites (tertiary alicyclic amines) is 1. The van der Waals surface area contributed by atoms with Crippen molar-refractivity contribution >= 4 is 5.69 Å². The van der Waals surface area contributed by atoms with Gasteiger partial charge in [0.25, 0.3) is 0 Å². The van der Waals surface area contributed by atoms with E-state index in [0.717, 1.165) is 39.3 Å². The third kappa shape index (κ3) is 3.76. The zero-order valence-electron chi connectivity index (χ0n) is 15.0. The molecule has 4 rings (SSSR count). The lowest BCUT2D eigenvalue weighted by molar-refractivity contribution is 0.263. The average molecular weight is 329 g/mol. The zero-order valence-corrected chi connectivity index (χ0v) is 15.0. The van der Waals surface area contributed by atoms with E-state index in [1.807, 2.05) is 0 Å². The summed E-state index contributed by atoms with van der Waals surface area (Å²) >= 11 is 0. The Kier molecular flexibility index (Phi) is 5.36. The molecule has 4 nitrogen and oxygen atoms in total. The number of hydrogen-bond donors (Lipinski definition) is 1. The van der Waals surface area contributed by atoms with Crippen molar-refractivity contribution in [2.45, 2.75) is 38.8 Å². The fraction of sp³-hybridized carbons (Fsp3) is 0.700. The van der Waals surface area contributed by atoms with Gasteiger partial charge in [0.15, 0.2) is 0 Å². The van der Waals surface area contributed by atoms with Crippen LogP contribution in [0, 0.1) is 0 Å². The molecule has 0 aromatic heterocycles. The van der Waals surface area contributed by atoms with Crippen molar-refractivity contribution in [2.24, 2.45) is 0 Å². The van der Waals surface area contributed by atoms with Crippen LogP contribution >= 0.6 is 0 Å². The van der Waals surface area contributed by atoms with E-state index in [1.165, 1.54) is 57.5 Å². The van der Waals surface area contributed by atoms with Crippen LogP contribution in [0.2, 0.25) is 0 Å². The number of benzene rings is 1. The van der Waals surface area contributed by atoms with E-state index < -0.39 is 0 Å². The van der Waals surface area contributed by atoms with Crippen LogP contribution in [0.4, 0.5) is 5.69 Å². The van der Waals surface area contributed by atoms with Gasteiger partial charge in [0.05, 0.1) is 0 Å². The fourth-order valence-electron chi connectivity index (χ4n) is 4.51. The van der Waals surface area contributed by atoms with Crippen molar-refractivity contribution < 1.29 is 0 Å². The van der Waals surface area contributed by atoms with Gasteiger partial charge in [-0.1, -0.05) is 12.1 Å². The van der Waals surface area contributed by atoms with Gasteiger partial charge in [-0.15, -0.1) is 0 Å². The highest BCUT2D eigenvalue weighted by molar-refractivity contribution is 5.58. The number of nitrogens with zero attached hydrogens (tertiary/aromatic N) is 3. The Morgan fingerprint density at radius 1 is 0.833 bits per heavy atom. The standard InChI is InChI=1S/C20H32N4/c1-2-11-22(10-1)12-3-4-13-23-16-18-6-5-7-20(19(18)17-23)24-14-8-21-9-15-24/h5-7,21H,1-4,8-17H2. The molecule has 3 heterocycles. The lowest BCUT2D eigenvalue weighted by Crippen LogP contribution is -2.43. The van der Waals surface area contributed by atoms with Crippen LogP contribution in [0.1, 0.15) is 36.8 Å². The molecule has 2 saturated heterocycles. The van der Waals surface area contributed by atoms with Gasteiger partial charge >= 0.3 is 0 Å². The van der Waals surface area contributed by atoms with E-state index >= 15 is 0 Å². The number of unbranched alkanes of at least 4 members (excludes halogenated alkanes) is 1. The Balaban J connectivity index is 1.29. The van der Waals surface area contributed by atoms with Gasteiger partial charge in [0.2, 0.25) is 0 Å². The minimum absolute atomic E-state index is 1.11. The first-order valence-corrected chi connectivity index (χ1v) is 9.91. The summed E-state index contributed by atoms with van der Waals surface area (Å²) in [7, 11) is 0. The molecule has 0 atom stereocenters. The molecular formula is C20H32N4. The average Bonchev–Trinajstić information content (AvgIpc) is 3.28. The van der Waals surface area contributed by atoms with Gasteiger partial charge in [-0.25, -0.2) is 0 Å². The van der Waals surface area contributed by atoms with Gasteiger partial charge < -0.3 is 15.1 Å². The maximum atomic E-state index is 3.46. The maximum Gasteiger partial charge on any atom is 0.0416 e. The third-order valence-electron chi connectivity index (χ3n) is 5.88. The summed E-state index contributed by atoms with van der Waals surface area (Å²) in [5.74, 6) is 0. The van der Waals surface area contributed by atoms with Gasteiger partial charge in [-0.3, -0.25) is 4.90 Å². The molecule has 3 aliphatic rings. The monoisotopic (exact) mass is 328 g/mol. The van der Waals surface area contributed by atoms with Crippen LogP contribution in [0.5, 0.6) is 0 Å². The fourth-order valence-corrected chi connectivity index (χ4v) is 4.51. The first-order valence-electron chi connectivity index (χ1n) is 9.91. The minimum atomic E-state index is 1.11. The molecule has 1 N–H and O–H groups in total. The van der Waals surface area contributed by atoms with Crippen LogP contribution in [-0.4, -0.2) is 62.2 Å². The smallest absolute Gasteiger partial charge is 0.0416 e. The van der Waals surface area contributed by atoms with E-state index in [-0.39, 0.29) is 0 Å². The van der Waals surface area contributed by atoms with Crippen molar-refractivity contribution in [3.63, 3.8) is 0 Å². The Morgan fingerprint density at radius 2 is 1.58 bits per heavy atom. The van der Waals surface area contributed by atoms with Gasteiger partial charge in [0.1, 0.15) is 0 Å². The number of hydrogen-bond acceptors (Lipinski definition) is 4. The van der Waals surface area contributed by atoms with Crippen molar-refractivity contribution in [3.8, 4) is 0 Å². The third-order valence-corrected chi connectivity index (χ3v) is 5.88. The molecule has 0 spiro atoms. The summed E-state index contributed by atoms with van der Waals surface area (Å²) < 4.78 is 0. The highest BCUT2D eigenvalue weighted by Crippen LogP contribution is 2.32. The molecule has 0 saturated carbocycles. The van der Waals surface area contributed by atoms with Gasteiger partial charge in [-0.2, -0.15) is 0 Å². The van der Waals surface area contributed by atoms with E-state index in [4.69, 9.17) is 0 Å². The van der Waals surface area contributed by atoms with Crippen LogP contribution in [-0.2, 0) is 13.1 Å². The number of piperazine rings is 1. The normalized spacial score (nSPS) is 22.2. The Labute approximate surface area is 146 Å². The second-order valence-electron chi connectivity index (χ2n) is 7.62. The van der Waals surface area contributed by atoms with Crippen molar-refractivity contribution in [1.82, 2.24) is 15.1 Å². The molecule has 24 heavy (non-hydrogen) atoms. The molecule has 1 aromatic rings. The van der Waals surface area contributed by atoms with Crippen LogP contribution in [0.3, 0.4) is 0 Å². The van der Waals surface area contributed by atoms with E-state index in [2.05, 4.69) is 38.2 Å². The molecule has 0 amide bonds. The summed E-state index contributed by atoms with van der Waals surface area (Å²) in [6, 6.07) is 6.93. The summed E-state index contributed by atoms with van der Waals surface area (Å²) in [6.45, 7) is 12.1. The van der Waals surface area contributed by atoms with Crippen molar-refractivity contribution in [3.05, 3.63) is 29.3 Å². The van der Waals surface area contributed by atoms with Gasteiger partial charge in [0, 0.05) is 45.0 Å². The van der Waals surface area contributed by atoms with Gasteiger partial charge in [-0.05, 0) is 69.1 Å². The summed E-state index contributed by atoms with van der Waals surface area (Å²) in [5.41, 5.74) is 4.65. The number of fused-ring (bicyclic) bond motifs is 1. The molecule has 0 radical (unpaired) electrons. The zero-order chi connectivity index (χ0) is 16.2. The van der Waals surface area contributed by atoms with Crippen molar-refractivity contribution in [1.29, 1.82) is 0 Å². The molecule has 0 bridgehead atoms. The lowest BCUT2D eigenvalue weighted by Gasteiger charge is -2.31. The first kappa shape index (κ1) is 16.4. The topological polar surface area (TPSA) is 21.8 Å². The van der Waals surface area contributed by atoms with Crippen LogP contribution in [0.25, 0.3) is 0 Å². The van der Waals surface area contributed by atoms with E-state index in [1.54, 1.807) is 11.1 Å². The van der Waals surface area contributed by atoms with E-state index in [0.29, 0.717) is 0 Å². The lowest BCUT2D eigenvalue weighted by atomic mass is 10.1. The second-order valence-corrected chi connectivity index (χ2v) is 7.62. The molecule has 3 aliphatic heterocycles. The molecular weight excluding hydrogens is 296 g/mol. The minimum Gasteiger partial charge on any atom is -0.369 e. The second kappa shape index (κ2) is 7.85. The SMILES string of the molecule is c1cc2c(c(N3CCNCC3)c1)CN(CCCCN1CCCC1)C2. The molecule has 2 fully saturated rings. The van der Waals surface area contributed by atoms with E-state index in [9.17, 15) is 0 Å². The maximum absolute atomic E-state index is 3.46. The number of nitrogens with one attached hydrogen (secondary N) is 1. The summed E-state index contributed by atoms with van der Waals surface area (Å²) in [5, 5.41) is 3.46.